The molecule has 2 aromatic rings. The summed E-state index contributed by atoms with van der Waals surface area (Å²) in [5, 5.41) is 0. The number of benzene rings is 2. The van der Waals surface area contributed by atoms with Crippen molar-refractivity contribution in [3.63, 3.8) is 0 Å². The normalized spacial score (nSPS) is 28.7. The zero-order valence-corrected chi connectivity index (χ0v) is 15.9. The van der Waals surface area contributed by atoms with Gasteiger partial charge in [-0.05, 0) is 17.0 Å². The predicted octanol–water partition coefficient (Wildman–Crippen LogP) is 4.45. The second-order valence-electron chi connectivity index (χ2n) is 7.62. The fourth-order valence-electron chi connectivity index (χ4n) is 4.09. The lowest BCUT2D eigenvalue weighted by molar-refractivity contribution is -0.546. The molecule has 142 valence electrons. The summed E-state index contributed by atoms with van der Waals surface area (Å²) in [6.07, 6.45) is -0.889. The Morgan fingerprint density at radius 1 is 1.00 bits per heavy atom. The van der Waals surface area contributed by atoms with Gasteiger partial charge in [-0.1, -0.05) is 81.4 Å². The predicted molar refractivity (Wildman–Crippen MR) is 101 cm³/mol. The van der Waals surface area contributed by atoms with Gasteiger partial charge >= 0.3 is 6.09 Å². The highest BCUT2D eigenvalue weighted by Gasteiger charge is 2.63. The van der Waals surface area contributed by atoms with Crippen LogP contribution in [0.1, 0.15) is 37.8 Å². The van der Waals surface area contributed by atoms with Crippen molar-refractivity contribution in [3.8, 4) is 0 Å². The third-order valence-corrected chi connectivity index (χ3v) is 5.78. The van der Waals surface area contributed by atoms with Crippen molar-refractivity contribution >= 4 is 6.09 Å². The van der Waals surface area contributed by atoms with Crippen LogP contribution in [0.25, 0.3) is 0 Å². The Morgan fingerprint density at radius 2 is 1.63 bits per heavy atom. The zero-order chi connectivity index (χ0) is 19.0. The van der Waals surface area contributed by atoms with Gasteiger partial charge in [-0.3, -0.25) is 4.90 Å². The van der Waals surface area contributed by atoms with Gasteiger partial charge in [0.05, 0.1) is 6.04 Å². The molecule has 2 heterocycles. The van der Waals surface area contributed by atoms with Gasteiger partial charge in [0.25, 0.3) is 0 Å². The van der Waals surface area contributed by atoms with E-state index in [0.717, 1.165) is 11.1 Å². The first-order valence-corrected chi connectivity index (χ1v) is 9.45. The Bertz CT molecular complexity index is 794. The van der Waals surface area contributed by atoms with Crippen molar-refractivity contribution in [2.24, 2.45) is 5.92 Å². The number of hydrogen-bond donors (Lipinski definition) is 0. The Labute approximate surface area is 159 Å². The molecule has 5 nitrogen and oxygen atoms in total. The first-order chi connectivity index (χ1) is 13.1. The van der Waals surface area contributed by atoms with Crippen molar-refractivity contribution in [2.45, 2.75) is 44.6 Å². The molecule has 0 bridgehead atoms. The largest absolute Gasteiger partial charge is 0.447 e. The smallest absolute Gasteiger partial charge is 0.412 e. The van der Waals surface area contributed by atoms with Crippen LogP contribution in [0.3, 0.4) is 0 Å². The van der Waals surface area contributed by atoms with Gasteiger partial charge in [0.1, 0.15) is 6.61 Å². The van der Waals surface area contributed by atoms with E-state index in [2.05, 4.69) is 32.9 Å². The second-order valence-corrected chi connectivity index (χ2v) is 7.62. The number of ether oxygens (including phenoxy) is 1. The van der Waals surface area contributed by atoms with E-state index in [-0.39, 0.29) is 24.0 Å². The number of rotatable bonds is 5. The minimum atomic E-state index is -0.793. The van der Waals surface area contributed by atoms with E-state index in [1.165, 1.54) is 0 Å². The van der Waals surface area contributed by atoms with E-state index in [1.54, 1.807) is 4.90 Å². The van der Waals surface area contributed by atoms with Crippen molar-refractivity contribution in [1.82, 2.24) is 4.90 Å². The van der Waals surface area contributed by atoms with Gasteiger partial charge in [-0.2, -0.15) is 0 Å². The Morgan fingerprint density at radius 3 is 2.19 bits per heavy atom. The molecule has 0 saturated carbocycles. The van der Waals surface area contributed by atoms with Crippen LogP contribution in [0.4, 0.5) is 4.79 Å². The maximum Gasteiger partial charge on any atom is 0.412 e. The average molecular weight is 367 g/mol. The number of cyclic esters (lactones) is 1. The summed E-state index contributed by atoms with van der Waals surface area (Å²) in [7, 11) is 0. The highest BCUT2D eigenvalue weighted by Crippen LogP contribution is 2.52. The van der Waals surface area contributed by atoms with Crippen LogP contribution in [0, 0.1) is 5.92 Å². The maximum atomic E-state index is 12.6. The van der Waals surface area contributed by atoms with Crippen molar-refractivity contribution in [3.05, 3.63) is 71.8 Å². The summed E-state index contributed by atoms with van der Waals surface area (Å²) in [4.78, 5) is 25.8. The minimum absolute atomic E-state index is 0.0268. The molecule has 0 aromatic heterocycles. The molecule has 2 fully saturated rings. The number of amides is 1. The molecule has 4 rings (SSSR count). The fourth-order valence-corrected chi connectivity index (χ4v) is 4.09. The monoisotopic (exact) mass is 367 g/mol. The molecule has 0 spiro atoms. The van der Waals surface area contributed by atoms with Gasteiger partial charge in [-0.15, -0.1) is 0 Å². The number of carbonyl (C=O) groups is 1. The number of nitrogens with zero attached hydrogens (tertiary/aromatic N) is 1. The molecule has 1 amide bonds. The quantitative estimate of drug-likeness (QED) is 0.733. The Balaban J connectivity index is 1.79. The van der Waals surface area contributed by atoms with Gasteiger partial charge < -0.3 is 4.74 Å². The first-order valence-electron chi connectivity index (χ1n) is 9.45. The molecule has 0 aliphatic carbocycles. The lowest BCUT2D eigenvalue weighted by Gasteiger charge is -2.54. The van der Waals surface area contributed by atoms with E-state index >= 15 is 0 Å². The van der Waals surface area contributed by atoms with Crippen LogP contribution in [-0.2, 0) is 20.1 Å². The minimum Gasteiger partial charge on any atom is -0.447 e. The lowest BCUT2D eigenvalue weighted by Crippen LogP contribution is -2.66. The molecule has 27 heavy (non-hydrogen) atoms. The highest BCUT2D eigenvalue weighted by molar-refractivity contribution is 5.71. The van der Waals surface area contributed by atoms with E-state index in [4.69, 9.17) is 14.5 Å². The van der Waals surface area contributed by atoms with Gasteiger partial charge in [-0.25, -0.2) is 14.6 Å². The summed E-state index contributed by atoms with van der Waals surface area (Å²) in [6.45, 7) is 6.67. The summed E-state index contributed by atoms with van der Waals surface area (Å²) in [5.41, 5.74) is 1.32. The molecule has 0 radical (unpaired) electrons. The molecular weight excluding hydrogens is 342 g/mol. The van der Waals surface area contributed by atoms with Crippen LogP contribution in [0.15, 0.2) is 60.7 Å². The second kappa shape index (κ2) is 6.98. The van der Waals surface area contributed by atoms with Gasteiger partial charge in [0, 0.05) is 5.92 Å². The first kappa shape index (κ1) is 18.0. The summed E-state index contributed by atoms with van der Waals surface area (Å²) >= 11 is 0. The molecule has 2 aromatic carbocycles. The maximum absolute atomic E-state index is 12.6. The average Bonchev–Trinajstić information content (AvgIpc) is 3.04. The zero-order valence-electron chi connectivity index (χ0n) is 15.9. The SMILES string of the molecule is CC(C)C1COC(=O)N1C1OOC1(c1ccccc1)C(C)c1ccccc1. The molecule has 2 aliphatic rings. The molecule has 5 heteroatoms. The van der Waals surface area contributed by atoms with Crippen molar-refractivity contribution < 1.29 is 19.3 Å². The topological polar surface area (TPSA) is 48.0 Å². The van der Waals surface area contributed by atoms with Crippen LogP contribution in [-0.4, -0.2) is 29.9 Å². The van der Waals surface area contributed by atoms with Crippen LogP contribution < -0.4 is 0 Å². The number of carbonyl (C=O) groups excluding carboxylic acids is 1. The van der Waals surface area contributed by atoms with Crippen LogP contribution in [0.5, 0.6) is 0 Å². The molecule has 0 N–H and O–H groups in total. The summed E-state index contributed by atoms with van der Waals surface area (Å²) < 4.78 is 5.36. The van der Waals surface area contributed by atoms with Crippen molar-refractivity contribution in [1.29, 1.82) is 0 Å². The van der Waals surface area contributed by atoms with E-state index < -0.39 is 11.8 Å². The molecule has 4 unspecified atom stereocenters. The molecule has 4 atom stereocenters. The van der Waals surface area contributed by atoms with E-state index in [0.29, 0.717) is 6.61 Å². The standard InChI is InChI=1S/C22H25NO4/c1-15(2)19-14-25-21(24)23(19)20-22(27-26-20,18-12-8-5-9-13-18)16(3)17-10-6-4-7-11-17/h4-13,15-16,19-20H,14H2,1-3H3. The van der Waals surface area contributed by atoms with Crippen molar-refractivity contribution in [2.75, 3.05) is 6.61 Å². The van der Waals surface area contributed by atoms with E-state index in [1.807, 2.05) is 48.5 Å². The molecule has 2 saturated heterocycles. The highest BCUT2D eigenvalue weighted by atomic mass is 17.3. The van der Waals surface area contributed by atoms with Crippen LogP contribution in [0.2, 0.25) is 0 Å². The third kappa shape index (κ3) is 2.82. The summed E-state index contributed by atoms with van der Waals surface area (Å²) in [5.74, 6) is 0.224. The third-order valence-electron chi connectivity index (χ3n) is 5.78. The fraction of sp³-hybridized carbons (Fsp3) is 0.409. The number of hydrogen-bond acceptors (Lipinski definition) is 4. The van der Waals surface area contributed by atoms with Crippen LogP contribution >= 0.6 is 0 Å². The molecule has 2 aliphatic heterocycles. The Hall–Kier alpha value is -2.37. The van der Waals surface area contributed by atoms with Gasteiger partial charge in [0.2, 0.25) is 6.23 Å². The lowest BCUT2D eigenvalue weighted by atomic mass is 9.75. The van der Waals surface area contributed by atoms with Gasteiger partial charge in [0.15, 0.2) is 5.60 Å². The van der Waals surface area contributed by atoms with E-state index in [9.17, 15) is 4.79 Å². The molecular formula is C22H25NO4. The summed E-state index contributed by atoms with van der Waals surface area (Å²) in [6, 6.07) is 20.1. The Kier molecular flexibility index (Phi) is 4.66.